The molecule has 3 rings (SSSR count). The van der Waals surface area contributed by atoms with E-state index in [2.05, 4.69) is 9.97 Å². The molecule has 6 heteroatoms. The highest BCUT2D eigenvalue weighted by atomic mass is 16.2. The van der Waals surface area contributed by atoms with Gasteiger partial charge in [0, 0.05) is 26.2 Å². The van der Waals surface area contributed by atoms with E-state index in [1.54, 1.807) is 6.92 Å². The summed E-state index contributed by atoms with van der Waals surface area (Å²) in [6.45, 7) is 6.33. The van der Waals surface area contributed by atoms with Gasteiger partial charge in [-0.15, -0.1) is 0 Å². The van der Waals surface area contributed by atoms with Gasteiger partial charge in [0.25, 0.3) is 0 Å². The summed E-state index contributed by atoms with van der Waals surface area (Å²) in [5.41, 5.74) is 2.74. The predicted molar refractivity (Wildman–Crippen MR) is 83.1 cm³/mol. The van der Waals surface area contributed by atoms with Crippen LogP contribution in [0.1, 0.15) is 43.1 Å². The zero-order chi connectivity index (χ0) is 15.9. The van der Waals surface area contributed by atoms with Crippen molar-refractivity contribution >= 4 is 5.91 Å². The molecule has 1 fully saturated rings. The van der Waals surface area contributed by atoms with Crippen molar-refractivity contribution in [2.45, 2.75) is 39.7 Å². The van der Waals surface area contributed by atoms with E-state index in [4.69, 9.17) is 4.98 Å². The van der Waals surface area contributed by atoms with Crippen molar-refractivity contribution in [2.75, 3.05) is 6.54 Å². The Morgan fingerprint density at radius 3 is 2.73 bits per heavy atom. The molecule has 0 unspecified atom stereocenters. The van der Waals surface area contributed by atoms with Crippen LogP contribution in [0.25, 0.3) is 11.4 Å². The first-order valence-electron chi connectivity index (χ1n) is 7.59. The van der Waals surface area contributed by atoms with Crippen molar-refractivity contribution in [1.29, 1.82) is 0 Å². The molecule has 1 atom stereocenters. The van der Waals surface area contributed by atoms with Crippen LogP contribution in [-0.2, 0) is 11.8 Å². The Bertz CT molecular complexity index is 721. The molecule has 116 valence electrons. The number of amides is 1. The quantitative estimate of drug-likeness (QED) is 0.852. The Hall–Kier alpha value is -2.24. The largest absolute Gasteiger partial charge is 0.333 e. The summed E-state index contributed by atoms with van der Waals surface area (Å²) in [6.07, 6.45) is 3.76. The third-order valence-corrected chi connectivity index (χ3v) is 4.31. The van der Waals surface area contributed by atoms with Crippen LogP contribution >= 0.6 is 0 Å². The highest BCUT2D eigenvalue weighted by Gasteiger charge is 2.30. The molecule has 0 bridgehead atoms. The number of carbonyl (C=O) groups excluding carboxylic acids is 1. The molecule has 2 aromatic rings. The summed E-state index contributed by atoms with van der Waals surface area (Å²) in [7, 11) is 1.98. The molecule has 0 saturated carbocycles. The first kappa shape index (κ1) is 14.7. The van der Waals surface area contributed by atoms with Crippen molar-refractivity contribution in [3.63, 3.8) is 0 Å². The molecule has 0 N–H and O–H groups in total. The van der Waals surface area contributed by atoms with Crippen LogP contribution in [0, 0.1) is 13.8 Å². The number of rotatable bonds is 2. The van der Waals surface area contributed by atoms with Crippen LogP contribution in [0.2, 0.25) is 0 Å². The topological polar surface area (TPSA) is 63.9 Å². The molecule has 2 aromatic heterocycles. The van der Waals surface area contributed by atoms with Gasteiger partial charge in [0.05, 0.1) is 23.6 Å². The highest BCUT2D eigenvalue weighted by molar-refractivity contribution is 5.74. The summed E-state index contributed by atoms with van der Waals surface area (Å²) in [5, 5.41) is 0. The maximum atomic E-state index is 11.8. The van der Waals surface area contributed by atoms with Gasteiger partial charge in [0.15, 0.2) is 5.82 Å². The van der Waals surface area contributed by atoms with Gasteiger partial charge in [-0.1, -0.05) is 0 Å². The third-order valence-electron chi connectivity index (χ3n) is 4.31. The molecule has 1 aliphatic heterocycles. The molecular weight excluding hydrogens is 278 g/mol. The van der Waals surface area contributed by atoms with Gasteiger partial charge in [-0.25, -0.2) is 15.0 Å². The highest BCUT2D eigenvalue weighted by Crippen LogP contribution is 2.31. The number of likely N-dealkylation sites (tertiary alicyclic amines) is 1. The summed E-state index contributed by atoms with van der Waals surface area (Å²) >= 11 is 0. The average molecular weight is 299 g/mol. The van der Waals surface area contributed by atoms with E-state index in [0.29, 0.717) is 0 Å². The van der Waals surface area contributed by atoms with E-state index >= 15 is 0 Å². The summed E-state index contributed by atoms with van der Waals surface area (Å²) < 4.78 is 2.02. The fourth-order valence-corrected chi connectivity index (χ4v) is 3.02. The number of hydrogen-bond donors (Lipinski definition) is 0. The Kier molecular flexibility index (Phi) is 3.68. The van der Waals surface area contributed by atoms with E-state index in [1.807, 2.05) is 42.6 Å². The van der Waals surface area contributed by atoms with Crippen molar-refractivity contribution in [3.8, 4) is 11.4 Å². The molecule has 22 heavy (non-hydrogen) atoms. The molecule has 1 aliphatic rings. The molecule has 0 aliphatic carbocycles. The van der Waals surface area contributed by atoms with Crippen molar-refractivity contribution < 1.29 is 4.79 Å². The summed E-state index contributed by atoms with van der Waals surface area (Å²) in [6, 6.07) is 1.96. The number of aryl methyl sites for hydroxylation is 2. The number of nitrogens with zero attached hydrogens (tertiary/aromatic N) is 5. The van der Waals surface area contributed by atoms with Gasteiger partial charge in [-0.05, 0) is 32.8 Å². The monoisotopic (exact) mass is 299 g/mol. The lowest BCUT2D eigenvalue weighted by atomic mass is 10.2. The van der Waals surface area contributed by atoms with Crippen LogP contribution in [0.15, 0.2) is 12.3 Å². The molecule has 0 aromatic carbocycles. The zero-order valence-electron chi connectivity index (χ0n) is 13.5. The second kappa shape index (κ2) is 5.51. The van der Waals surface area contributed by atoms with Crippen molar-refractivity contribution in [2.24, 2.45) is 7.05 Å². The number of aromatic nitrogens is 4. The minimum atomic E-state index is -0.00882. The lowest BCUT2D eigenvalue weighted by molar-refractivity contribution is -0.129. The SMILES string of the molecule is CC(=O)N1CCC[C@H]1c1nc(C)cc(-c2cnc(C)n2C)n1. The fourth-order valence-electron chi connectivity index (χ4n) is 3.02. The maximum absolute atomic E-state index is 11.8. The Balaban J connectivity index is 2.04. The second-order valence-corrected chi connectivity index (χ2v) is 5.87. The van der Waals surface area contributed by atoms with Crippen LogP contribution in [0.3, 0.4) is 0 Å². The van der Waals surface area contributed by atoms with Crippen LogP contribution in [-0.4, -0.2) is 36.9 Å². The fraction of sp³-hybridized carbons (Fsp3) is 0.500. The van der Waals surface area contributed by atoms with Crippen molar-refractivity contribution in [3.05, 3.63) is 29.6 Å². The average Bonchev–Trinajstić information content (AvgIpc) is 3.07. The first-order valence-corrected chi connectivity index (χ1v) is 7.59. The van der Waals surface area contributed by atoms with Gasteiger partial charge in [0.1, 0.15) is 5.82 Å². The normalized spacial score (nSPS) is 18.0. The van der Waals surface area contributed by atoms with E-state index in [1.165, 1.54) is 0 Å². The minimum Gasteiger partial charge on any atom is -0.333 e. The molecule has 1 amide bonds. The Morgan fingerprint density at radius 1 is 1.32 bits per heavy atom. The van der Waals surface area contributed by atoms with Gasteiger partial charge < -0.3 is 9.47 Å². The first-order chi connectivity index (χ1) is 10.5. The molecule has 6 nitrogen and oxygen atoms in total. The molecular formula is C16H21N5O. The van der Waals surface area contributed by atoms with Crippen LogP contribution < -0.4 is 0 Å². The smallest absolute Gasteiger partial charge is 0.220 e. The Morgan fingerprint density at radius 2 is 2.09 bits per heavy atom. The molecule has 0 spiro atoms. The Labute approximate surface area is 130 Å². The minimum absolute atomic E-state index is 0.00882. The van der Waals surface area contributed by atoms with Gasteiger partial charge in [-0.3, -0.25) is 4.79 Å². The van der Waals surface area contributed by atoms with Crippen LogP contribution in [0.4, 0.5) is 0 Å². The van der Waals surface area contributed by atoms with Crippen molar-refractivity contribution in [1.82, 2.24) is 24.4 Å². The van der Waals surface area contributed by atoms with Gasteiger partial charge in [0.2, 0.25) is 5.91 Å². The van der Waals surface area contributed by atoms with E-state index in [0.717, 1.165) is 48.1 Å². The van der Waals surface area contributed by atoms with E-state index < -0.39 is 0 Å². The second-order valence-electron chi connectivity index (χ2n) is 5.87. The summed E-state index contributed by atoms with van der Waals surface area (Å²) in [5.74, 6) is 1.77. The number of imidazole rings is 1. The standard InChI is InChI=1S/C16H21N5O/c1-10-8-13(15-9-17-11(2)20(15)4)19-16(18-10)14-6-5-7-21(14)12(3)22/h8-9,14H,5-7H2,1-4H3/t14-/m0/s1. The number of hydrogen-bond acceptors (Lipinski definition) is 4. The van der Waals surface area contributed by atoms with E-state index in [-0.39, 0.29) is 11.9 Å². The molecule has 3 heterocycles. The molecule has 1 saturated heterocycles. The lowest BCUT2D eigenvalue weighted by Gasteiger charge is -2.22. The molecule has 0 radical (unpaired) electrons. The van der Waals surface area contributed by atoms with Gasteiger partial charge in [-0.2, -0.15) is 0 Å². The summed E-state index contributed by atoms with van der Waals surface area (Å²) in [4.78, 5) is 27.3. The zero-order valence-corrected chi connectivity index (χ0v) is 13.5. The maximum Gasteiger partial charge on any atom is 0.220 e. The van der Waals surface area contributed by atoms with Crippen LogP contribution in [0.5, 0.6) is 0 Å². The van der Waals surface area contributed by atoms with Gasteiger partial charge >= 0.3 is 0 Å². The van der Waals surface area contributed by atoms with E-state index in [9.17, 15) is 4.79 Å². The number of carbonyl (C=O) groups is 1. The third kappa shape index (κ3) is 2.49. The predicted octanol–water partition coefficient (Wildman–Crippen LogP) is 2.18. The lowest BCUT2D eigenvalue weighted by Crippen LogP contribution is -2.29.